The van der Waals surface area contributed by atoms with Gasteiger partial charge in [0.15, 0.2) is 0 Å². The smallest absolute Gasteiger partial charge is 0.339 e. The van der Waals surface area contributed by atoms with E-state index in [1.807, 2.05) is 6.92 Å². The van der Waals surface area contributed by atoms with Crippen LogP contribution in [0.1, 0.15) is 29.8 Å². The van der Waals surface area contributed by atoms with Crippen LogP contribution in [0.3, 0.4) is 0 Å². The lowest BCUT2D eigenvalue weighted by molar-refractivity contribution is 0.0522. The van der Waals surface area contributed by atoms with Crippen LogP contribution in [0.25, 0.3) is 0 Å². The Kier molecular flexibility index (Phi) is 4.87. The number of esters is 1. The van der Waals surface area contributed by atoms with E-state index in [4.69, 9.17) is 10.00 Å². The van der Waals surface area contributed by atoms with Gasteiger partial charge in [0, 0.05) is 4.90 Å². The number of benzene rings is 1. The minimum absolute atomic E-state index is 0.331. The molecule has 0 heterocycles. The zero-order valence-corrected chi connectivity index (χ0v) is 10.1. The lowest BCUT2D eigenvalue weighted by atomic mass is 10.1. The fraction of sp³-hybridized carbons (Fsp3) is 0.333. The summed E-state index contributed by atoms with van der Waals surface area (Å²) in [5.74, 6) is 0.518. The van der Waals surface area contributed by atoms with E-state index in [-0.39, 0.29) is 5.97 Å². The second-order valence-corrected chi connectivity index (χ2v) is 4.28. The van der Waals surface area contributed by atoms with Crippen molar-refractivity contribution in [3.05, 3.63) is 29.3 Å². The van der Waals surface area contributed by atoms with Gasteiger partial charge in [0.1, 0.15) is 0 Å². The minimum atomic E-state index is -0.331. The summed E-state index contributed by atoms with van der Waals surface area (Å²) in [6.45, 7) is 4.13. The van der Waals surface area contributed by atoms with Crippen LogP contribution in [0.4, 0.5) is 0 Å². The van der Waals surface area contributed by atoms with E-state index < -0.39 is 0 Å². The van der Waals surface area contributed by atoms with Crippen LogP contribution in [-0.2, 0) is 4.74 Å². The maximum absolute atomic E-state index is 11.6. The maximum Gasteiger partial charge on any atom is 0.339 e. The van der Waals surface area contributed by atoms with Crippen molar-refractivity contribution in [1.82, 2.24) is 0 Å². The standard InChI is InChI=1S/C12H13NO2S/c1-3-15-12(14)10-6-5-9(8-13)7-11(10)16-4-2/h5-7H,3-4H2,1-2H3. The molecule has 16 heavy (non-hydrogen) atoms. The number of rotatable bonds is 4. The molecule has 0 unspecified atom stereocenters. The van der Waals surface area contributed by atoms with Gasteiger partial charge in [0.05, 0.1) is 23.8 Å². The summed E-state index contributed by atoms with van der Waals surface area (Å²) in [4.78, 5) is 12.4. The van der Waals surface area contributed by atoms with Crippen molar-refractivity contribution in [2.75, 3.05) is 12.4 Å². The molecule has 1 aromatic carbocycles. The van der Waals surface area contributed by atoms with Crippen LogP contribution in [-0.4, -0.2) is 18.3 Å². The Morgan fingerprint density at radius 2 is 2.25 bits per heavy atom. The predicted octanol–water partition coefficient (Wildman–Crippen LogP) is 2.85. The molecule has 0 aliphatic heterocycles. The van der Waals surface area contributed by atoms with E-state index in [0.717, 1.165) is 10.6 Å². The lowest BCUT2D eigenvalue weighted by Crippen LogP contribution is -2.06. The summed E-state index contributed by atoms with van der Waals surface area (Å²) in [7, 11) is 0. The van der Waals surface area contributed by atoms with Crippen LogP contribution in [0, 0.1) is 11.3 Å². The number of ether oxygens (including phenoxy) is 1. The molecule has 1 aromatic rings. The molecule has 0 fully saturated rings. The van der Waals surface area contributed by atoms with Crippen molar-refractivity contribution in [3.8, 4) is 6.07 Å². The summed E-state index contributed by atoms with van der Waals surface area (Å²) in [6, 6.07) is 7.06. The van der Waals surface area contributed by atoms with Gasteiger partial charge in [0.25, 0.3) is 0 Å². The highest BCUT2D eigenvalue weighted by Gasteiger charge is 2.12. The largest absolute Gasteiger partial charge is 0.462 e. The number of carbonyl (C=O) groups is 1. The average molecular weight is 235 g/mol. The quantitative estimate of drug-likeness (QED) is 0.594. The van der Waals surface area contributed by atoms with Gasteiger partial charge in [-0.3, -0.25) is 0 Å². The van der Waals surface area contributed by atoms with E-state index in [1.54, 1.807) is 25.1 Å². The summed E-state index contributed by atoms with van der Waals surface area (Å²) < 4.78 is 4.95. The van der Waals surface area contributed by atoms with Crippen LogP contribution in [0.15, 0.2) is 23.1 Å². The number of nitrogens with zero attached hydrogens (tertiary/aromatic N) is 1. The van der Waals surface area contributed by atoms with Gasteiger partial charge < -0.3 is 4.74 Å². The first-order valence-electron chi connectivity index (χ1n) is 5.07. The number of carbonyl (C=O) groups excluding carboxylic acids is 1. The molecule has 0 radical (unpaired) electrons. The van der Waals surface area contributed by atoms with Crippen molar-refractivity contribution in [2.24, 2.45) is 0 Å². The highest BCUT2D eigenvalue weighted by molar-refractivity contribution is 7.99. The highest BCUT2D eigenvalue weighted by atomic mass is 32.2. The average Bonchev–Trinajstić information content (AvgIpc) is 2.29. The van der Waals surface area contributed by atoms with Gasteiger partial charge in [-0.05, 0) is 30.9 Å². The molecule has 0 N–H and O–H groups in total. The number of thioether (sulfide) groups is 1. The van der Waals surface area contributed by atoms with E-state index in [9.17, 15) is 4.79 Å². The molecule has 0 bridgehead atoms. The maximum atomic E-state index is 11.6. The summed E-state index contributed by atoms with van der Waals surface area (Å²) >= 11 is 1.53. The molecule has 84 valence electrons. The van der Waals surface area contributed by atoms with E-state index >= 15 is 0 Å². The van der Waals surface area contributed by atoms with Gasteiger partial charge >= 0.3 is 5.97 Å². The summed E-state index contributed by atoms with van der Waals surface area (Å²) in [5.41, 5.74) is 1.09. The Morgan fingerprint density at radius 3 is 2.81 bits per heavy atom. The molecule has 0 aliphatic carbocycles. The van der Waals surface area contributed by atoms with Crippen molar-refractivity contribution < 1.29 is 9.53 Å². The zero-order chi connectivity index (χ0) is 12.0. The van der Waals surface area contributed by atoms with E-state index in [1.165, 1.54) is 11.8 Å². The van der Waals surface area contributed by atoms with Gasteiger partial charge in [-0.2, -0.15) is 5.26 Å². The van der Waals surface area contributed by atoms with Crippen molar-refractivity contribution in [1.29, 1.82) is 5.26 Å². The third-order valence-corrected chi connectivity index (χ3v) is 2.84. The molecule has 0 amide bonds. The Bertz CT molecular complexity index is 424. The zero-order valence-electron chi connectivity index (χ0n) is 9.32. The molecule has 1 rings (SSSR count). The number of hydrogen-bond donors (Lipinski definition) is 0. The minimum Gasteiger partial charge on any atom is -0.462 e. The van der Waals surface area contributed by atoms with Crippen molar-refractivity contribution in [2.45, 2.75) is 18.7 Å². The second-order valence-electron chi connectivity index (χ2n) is 2.98. The molecular weight excluding hydrogens is 222 g/mol. The SMILES string of the molecule is CCOC(=O)c1ccc(C#N)cc1SCC. The molecule has 3 nitrogen and oxygen atoms in total. The molecule has 0 spiro atoms. The first-order chi connectivity index (χ1) is 7.72. The highest BCUT2D eigenvalue weighted by Crippen LogP contribution is 2.24. The Balaban J connectivity index is 3.08. The Morgan fingerprint density at radius 1 is 1.50 bits per heavy atom. The molecular formula is C12H13NO2S. The molecule has 0 aromatic heterocycles. The van der Waals surface area contributed by atoms with Gasteiger partial charge in [-0.1, -0.05) is 6.92 Å². The Hall–Kier alpha value is -1.47. The second kappa shape index (κ2) is 6.19. The van der Waals surface area contributed by atoms with Crippen molar-refractivity contribution in [3.63, 3.8) is 0 Å². The molecule has 0 saturated carbocycles. The van der Waals surface area contributed by atoms with Gasteiger partial charge in [0.2, 0.25) is 0 Å². The number of hydrogen-bond acceptors (Lipinski definition) is 4. The van der Waals surface area contributed by atoms with Crippen LogP contribution < -0.4 is 0 Å². The lowest BCUT2D eigenvalue weighted by Gasteiger charge is -2.07. The molecule has 0 aliphatic rings. The van der Waals surface area contributed by atoms with E-state index in [0.29, 0.717) is 17.7 Å². The summed E-state index contributed by atoms with van der Waals surface area (Å²) in [6.07, 6.45) is 0. The van der Waals surface area contributed by atoms with Crippen LogP contribution in [0.5, 0.6) is 0 Å². The monoisotopic (exact) mass is 235 g/mol. The normalized spacial score (nSPS) is 9.56. The fourth-order valence-corrected chi connectivity index (χ4v) is 2.07. The fourth-order valence-electron chi connectivity index (χ4n) is 1.24. The summed E-state index contributed by atoms with van der Waals surface area (Å²) in [5, 5.41) is 8.79. The van der Waals surface area contributed by atoms with Crippen molar-refractivity contribution >= 4 is 17.7 Å². The third kappa shape index (κ3) is 3.01. The van der Waals surface area contributed by atoms with Gasteiger partial charge in [-0.15, -0.1) is 11.8 Å². The third-order valence-electron chi connectivity index (χ3n) is 1.91. The molecule has 0 atom stereocenters. The number of nitriles is 1. The molecule has 0 saturated heterocycles. The first kappa shape index (κ1) is 12.6. The van der Waals surface area contributed by atoms with E-state index in [2.05, 4.69) is 6.07 Å². The van der Waals surface area contributed by atoms with Gasteiger partial charge in [-0.25, -0.2) is 4.79 Å². The van der Waals surface area contributed by atoms with Crippen LogP contribution in [0.2, 0.25) is 0 Å². The Labute approximate surface area is 99.4 Å². The molecule has 4 heteroatoms. The first-order valence-corrected chi connectivity index (χ1v) is 6.05. The predicted molar refractivity (Wildman–Crippen MR) is 63.5 cm³/mol. The van der Waals surface area contributed by atoms with Crippen LogP contribution >= 0.6 is 11.8 Å². The topological polar surface area (TPSA) is 50.1 Å².